The number of nitrogens with one attached hydrogen (secondary N) is 1. The van der Waals surface area contributed by atoms with Crippen LogP contribution in [0.15, 0.2) is 29.3 Å². The number of hydrogen-bond donors (Lipinski definition) is 1. The third-order valence-corrected chi connectivity index (χ3v) is 4.94. The topological polar surface area (TPSA) is 83.5 Å². The highest BCUT2D eigenvalue weighted by atomic mass is 32.1. The average Bonchev–Trinajstić information content (AvgIpc) is 2.71. The van der Waals surface area contributed by atoms with Crippen LogP contribution in [0.1, 0.15) is 6.42 Å². The number of thiocarbonyl (C=S) groups is 1. The van der Waals surface area contributed by atoms with Crippen LogP contribution in [-0.2, 0) is 14.3 Å². The molecule has 2 aliphatic rings. The van der Waals surface area contributed by atoms with E-state index in [0.29, 0.717) is 18.0 Å². The van der Waals surface area contributed by atoms with Crippen molar-refractivity contribution in [1.82, 2.24) is 10.2 Å². The van der Waals surface area contributed by atoms with Gasteiger partial charge in [0.2, 0.25) is 5.91 Å². The van der Waals surface area contributed by atoms with Crippen molar-refractivity contribution in [2.45, 2.75) is 6.42 Å². The molecule has 2 saturated heterocycles. The van der Waals surface area contributed by atoms with Gasteiger partial charge in [-0.25, -0.2) is 0 Å². The van der Waals surface area contributed by atoms with Gasteiger partial charge >= 0.3 is 0 Å². The molecule has 0 saturated carbocycles. The Morgan fingerprint density at radius 2 is 2.00 bits per heavy atom. The van der Waals surface area contributed by atoms with E-state index in [4.69, 9.17) is 21.7 Å². The van der Waals surface area contributed by atoms with Crippen LogP contribution in [-0.4, -0.2) is 74.5 Å². The molecule has 1 aromatic carbocycles. The number of carbonyl (C=O) groups excluding carboxylic acids is 2. The van der Waals surface area contributed by atoms with Gasteiger partial charge in [0.05, 0.1) is 26.0 Å². The highest BCUT2D eigenvalue weighted by molar-refractivity contribution is 7.80. The fraction of sp³-hybridized carbons (Fsp3) is 0.474. The lowest BCUT2D eigenvalue weighted by Gasteiger charge is -2.31. The fourth-order valence-corrected chi connectivity index (χ4v) is 3.38. The standard InChI is InChI=1S/C19H24N4O4S/c1-26-15-5-3-14(4-6-15)23-18(25)16(17(24)21-19(23)28)13-20-7-2-8-22-9-11-27-12-10-22/h3-6,13,16H,2,7-12H2,1H3,(H,21,24,28)/t16-/m1/s1. The van der Waals surface area contributed by atoms with E-state index in [0.717, 1.165) is 39.3 Å². The van der Waals surface area contributed by atoms with Gasteiger partial charge in [0.15, 0.2) is 11.0 Å². The van der Waals surface area contributed by atoms with E-state index < -0.39 is 17.7 Å². The van der Waals surface area contributed by atoms with Crippen LogP contribution < -0.4 is 15.0 Å². The Bertz CT molecular complexity index is 747. The van der Waals surface area contributed by atoms with Crippen molar-refractivity contribution in [2.75, 3.05) is 51.4 Å². The maximum atomic E-state index is 12.8. The summed E-state index contributed by atoms with van der Waals surface area (Å²) < 4.78 is 10.5. The average molecular weight is 404 g/mol. The number of rotatable bonds is 7. The summed E-state index contributed by atoms with van der Waals surface area (Å²) in [7, 11) is 1.57. The maximum Gasteiger partial charge on any atom is 0.251 e. The molecule has 0 bridgehead atoms. The Morgan fingerprint density at radius 1 is 1.29 bits per heavy atom. The van der Waals surface area contributed by atoms with Gasteiger partial charge in [0.1, 0.15) is 5.75 Å². The minimum absolute atomic E-state index is 0.0668. The summed E-state index contributed by atoms with van der Waals surface area (Å²) in [5.74, 6) is -1.17. The molecule has 0 aromatic heterocycles. The van der Waals surface area contributed by atoms with Gasteiger partial charge in [-0.15, -0.1) is 0 Å². The monoisotopic (exact) mass is 404 g/mol. The minimum atomic E-state index is -0.989. The van der Waals surface area contributed by atoms with Gasteiger partial charge < -0.3 is 14.8 Å². The van der Waals surface area contributed by atoms with Crippen molar-refractivity contribution in [3.8, 4) is 5.75 Å². The van der Waals surface area contributed by atoms with Crippen LogP contribution in [0.2, 0.25) is 0 Å². The van der Waals surface area contributed by atoms with Crippen LogP contribution in [0.4, 0.5) is 5.69 Å². The predicted octanol–water partition coefficient (Wildman–Crippen LogP) is 0.852. The van der Waals surface area contributed by atoms with Crippen molar-refractivity contribution >= 4 is 41.0 Å². The first-order valence-corrected chi connectivity index (χ1v) is 9.64. The third kappa shape index (κ3) is 4.92. The van der Waals surface area contributed by atoms with Crippen LogP contribution >= 0.6 is 12.2 Å². The Morgan fingerprint density at radius 3 is 2.68 bits per heavy atom. The quantitative estimate of drug-likeness (QED) is 0.314. The Hall–Kier alpha value is -2.36. The number of amides is 2. The van der Waals surface area contributed by atoms with Crippen LogP contribution in [0.3, 0.4) is 0 Å². The van der Waals surface area contributed by atoms with Gasteiger partial charge in [0.25, 0.3) is 5.91 Å². The summed E-state index contributed by atoms with van der Waals surface area (Å²) in [6.45, 7) is 4.88. The van der Waals surface area contributed by atoms with Crippen LogP contribution in [0, 0.1) is 5.92 Å². The molecule has 150 valence electrons. The summed E-state index contributed by atoms with van der Waals surface area (Å²) in [6, 6.07) is 6.90. The zero-order chi connectivity index (χ0) is 19.9. The summed E-state index contributed by atoms with van der Waals surface area (Å²) in [4.78, 5) is 33.0. The van der Waals surface area contributed by atoms with E-state index in [1.165, 1.54) is 11.1 Å². The predicted molar refractivity (Wildman–Crippen MR) is 110 cm³/mol. The zero-order valence-electron chi connectivity index (χ0n) is 15.8. The largest absolute Gasteiger partial charge is 0.497 e. The lowest BCUT2D eigenvalue weighted by atomic mass is 10.1. The molecule has 0 spiro atoms. The zero-order valence-corrected chi connectivity index (χ0v) is 16.6. The van der Waals surface area contributed by atoms with Gasteiger partial charge in [0, 0.05) is 32.4 Å². The van der Waals surface area contributed by atoms with Crippen molar-refractivity contribution < 1.29 is 19.1 Å². The number of carbonyl (C=O) groups is 2. The number of benzene rings is 1. The maximum absolute atomic E-state index is 12.8. The van der Waals surface area contributed by atoms with E-state index in [9.17, 15) is 9.59 Å². The van der Waals surface area contributed by atoms with Crippen molar-refractivity contribution in [3.63, 3.8) is 0 Å². The smallest absolute Gasteiger partial charge is 0.251 e. The number of anilines is 1. The summed E-state index contributed by atoms with van der Waals surface area (Å²) in [6.07, 6.45) is 2.29. The van der Waals surface area contributed by atoms with Crippen molar-refractivity contribution in [2.24, 2.45) is 10.9 Å². The normalized spacial score (nSPS) is 21.2. The summed E-state index contributed by atoms with van der Waals surface area (Å²) >= 11 is 5.19. The molecule has 0 unspecified atom stereocenters. The number of nitrogens with zero attached hydrogens (tertiary/aromatic N) is 3. The highest BCUT2D eigenvalue weighted by Gasteiger charge is 2.38. The molecule has 28 heavy (non-hydrogen) atoms. The highest BCUT2D eigenvalue weighted by Crippen LogP contribution is 2.23. The molecule has 2 aliphatic heterocycles. The van der Waals surface area contributed by atoms with Crippen LogP contribution in [0.25, 0.3) is 0 Å². The first kappa shape index (κ1) is 20.4. The van der Waals surface area contributed by atoms with Crippen molar-refractivity contribution in [3.05, 3.63) is 24.3 Å². The summed E-state index contributed by atoms with van der Waals surface area (Å²) in [5, 5.41) is 2.65. The van der Waals surface area contributed by atoms with Gasteiger partial charge in [-0.05, 0) is 42.9 Å². The first-order valence-electron chi connectivity index (χ1n) is 9.23. The number of morpholine rings is 1. The molecular weight excluding hydrogens is 380 g/mol. The van der Waals surface area contributed by atoms with E-state index in [2.05, 4.69) is 15.2 Å². The molecule has 0 radical (unpaired) electrons. The fourth-order valence-electron chi connectivity index (χ4n) is 3.09. The minimum Gasteiger partial charge on any atom is -0.497 e. The number of hydrogen-bond acceptors (Lipinski definition) is 7. The molecule has 1 atom stereocenters. The lowest BCUT2D eigenvalue weighted by molar-refractivity contribution is -0.130. The Labute approximate surface area is 169 Å². The van der Waals surface area contributed by atoms with Crippen LogP contribution in [0.5, 0.6) is 5.75 Å². The molecule has 9 heteroatoms. The Kier molecular flexibility index (Phi) is 7.07. The van der Waals surface area contributed by atoms with Gasteiger partial charge in [-0.3, -0.25) is 24.4 Å². The Balaban J connectivity index is 1.59. The molecule has 0 aliphatic carbocycles. The number of aliphatic imine (C=N–C) groups is 1. The molecule has 8 nitrogen and oxygen atoms in total. The van der Waals surface area contributed by atoms with E-state index in [1.54, 1.807) is 31.4 Å². The molecule has 2 fully saturated rings. The number of ether oxygens (including phenoxy) is 2. The molecule has 2 amide bonds. The molecule has 2 heterocycles. The molecular formula is C19H24N4O4S. The lowest BCUT2D eigenvalue weighted by Crippen LogP contribution is -2.58. The number of methoxy groups -OCH3 is 1. The molecule has 3 rings (SSSR count). The second kappa shape index (κ2) is 9.72. The van der Waals surface area contributed by atoms with Crippen molar-refractivity contribution in [1.29, 1.82) is 0 Å². The molecule has 1 aromatic rings. The van der Waals surface area contributed by atoms with E-state index in [1.807, 2.05) is 0 Å². The molecule has 1 N–H and O–H groups in total. The van der Waals surface area contributed by atoms with Gasteiger partial charge in [-0.2, -0.15) is 0 Å². The second-order valence-electron chi connectivity index (χ2n) is 6.51. The third-order valence-electron chi connectivity index (χ3n) is 4.65. The first-order chi connectivity index (χ1) is 13.6. The van der Waals surface area contributed by atoms with E-state index >= 15 is 0 Å². The van der Waals surface area contributed by atoms with E-state index in [-0.39, 0.29) is 5.11 Å². The van der Waals surface area contributed by atoms with Gasteiger partial charge in [-0.1, -0.05) is 0 Å². The summed E-state index contributed by atoms with van der Waals surface area (Å²) in [5.41, 5.74) is 0.571. The second-order valence-corrected chi connectivity index (χ2v) is 6.89. The SMILES string of the molecule is COc1ccc(N2C(=O)[C@H](C=NCCCN3CCOCC3)C(=O)NC2=S)cc1.